The van der Waals surface area contributed by atoms with Crippen molar-refractivity contribution < 1.29 is 23.9 Å². The fourth-order valence-corrected chi connectivity index (χ4v) is 2.50. The Balaban J connectivity index is 1.66. The molecule has 0 radical (unpaired) electrons. The number of halogens is 1. The van der Waals surface area contributed by atoms with Gasteiger partial charge >= 0.3 is 5.97 Å². The van der Waals surface area contributed by atoms with Crippen LogP contribution in [0.1, 0.15) is 11.1 Å². The Morgan fingerprint density at radius 2 is 1.71 bits per heavy atom. The van der Waals surface area contributed by atoms with Gasteiger partial charge in [-0.1, -0.05) is 18.2 Å². The summed E-state index contributed by atoms with van der Waals surface area (Å²) >= 11 is 3.31. The number of aryl methyl sites for hydroxylation is 2. The molecule has 0 spiro atoms. The Bertz CT molecular complexity index is 869. The normalized spacial score (nSPS) is 10.1. The van der Waals surface area contributed by atoms with Crippen LogP contribution in [0.4, 0.5) is 5.69 Å². The molecule has 0 saturated carbocycles. The number of nitrogens with one attached hydrogen (secondary N) is 2. The maximum absolute atomic E-state index is 11.8. The average Bonchev–Trinajstić information content (AvgIpc) is 2.67. The average molecular weight is 449 g/mol. The first kappa shape index (κ1) is 21.4. The Labute approximate surface area is 171 Å². The van der Waals surface area contributed by atoms with Gasteiger partial charge < -0.3 is 20.1 Å². The first-order chi connectivity index (χ1) is 13.3. The van der Waals surface area contributed by atoms with E-state index in [-0.39, 0.29) is 13.2 Å². The summed E-state index contributed by atoms with van der Waals surface area (Å²) in [5, 5.41) is 5.03. The fraction of sp³-hybridized carbons (Fsp3) is 0.250. The van der Waals surface area contributed by atoms with Gasteiger partial charge in [0, 0.05) is 4.47 Å². The van der Waals surface area contributed by atoms with Crippen molar-refractivity contribution in [2.75, 3.05) is 25.1 Å². The second kappa shape index (κ2) is 10.5. The lowest BCUT2D eigenvalue weighted by Crippen LogP contribution is -2.36. The lowest BCUT2D eigenvalue weighted by molar-refractivity contribution is -0.150. The van der Waals surface area contributed by atoms with Gasteiger partial charge in [-0.05, 0) is 65.2 Å². The molecule has 0 unspecified atom stereocenters. The number of ether oxygens (including phenoxy) is 2. The number of hydrogen-bond donors (Lipinski definition) is 2. The van der Waals surface area contributed by atoms with Gasteiger partial charge in [-0.3, -0.25) is 9.59 Å². The van der Waals surface area contributed by atoms with Crippen molar-refractivity contribution in [1.82, 2.24) is 5.32 Å². The second-order valence-corrected chi connectivity index (χ2v) is 6.85. The van der Waals surface area contributed by atoms with Crippen LogP contribution in [0.2, 0.25) is 0 Å². The Kier molecular flexibility index (Phi) is 8.01. The zero-order chi connectivity index (χ0) is 20.5. The van der Waals surface area contributed by atoms with Crippen molar-refractivity contribution in [2.24, 2.45) is 0 Å². The summed E-state index contributed by atoms with van der Waals surface area (Å²) in [6.45, 7) is 2.88. The lowest BCUT2D eigenvalue weighted by atomic mass is 10.1. The fourth-order valence-electron chi connectivity index (χ4n) is 2.12. The molecule has 7 nitrogen and oxygen atoms in total. The molecule has 28 heavy (non-hydrogen) atoms. The third kappa shape index (κ3) is 7.03. The number of para-hydroxylation sites is 1. The third-order valence-corrected chi connectivity index (χ3v) is 4.48. The van der Waals surface area contributed by atoms with Crippen LogP contribution in [0.25, 0.3) is 0 Å². The Morgan fingerprint density at radius 3 is 2.43 bits per heavy atom. The van der Waals surface area contributed by atoms with Crippen molar-refractivity contribution in [3.63, 3.8) is 0 Å². The molecular formula is C20H21BrN2O5. The third-order valence-electron chi connectivity index (χ3n) is 3.79. The molecule has 0 heterocycles. The molecule has 2 amide bonds. The van der Waals surface area contributed by atoms with E-state index in [0.29, 0.717) is 11.4 Å². The maximum Gasteiger partial charge on any atom is 0.344 e. The molecule has 2 aromatic rings. The molecule has 0 aromatic heterocycles. The summed E-state index contributed by atoms with van der Waals surface area (Å²) in [5.74, 6) is -1.11. The zero-order valence-electron chi connectivity index (χ0n) is 15.6. The number of hydrogen-bond acceptors (Lipinski definition) is 5. The van der Waals surface area contributed by atoms with Crippen LogP contribution < -0.4 is 15.4 Å². The van der Waals surface area contributed by atoms with Crippen molar-refractivity contribution in [3.8, 4) is 5.75 Å². The Hall–Kier alpha value is -2.87. The number of benzene rings is 2. The van der Waals surface area contributed by atoms with Crippen LogP contribution in [0.3, 0.4) is 0 Å². The van der Waals surface area contributed by atoms with Crippen LogP contribution in [0, 0.1) is 13.8 Å². The number of amides is 2. The molecule has 0 saturated heterocycles. The van der Waals surface area contributed by atoms with Crippen LogP contribution in [-0.2, 0) is 19.1 Å². The van der Waals surface area contributed by atoms with E-state index < -0.39 is 24.4 Å². The molecule has 0 aliphatic heterocycles. The van der Waals surface area contributed by atoms with E-state index in [2.05, 4.69) is 26.6 Å². The van der Waals surface area contributed by atoms with Crippen molar-refractivity contribution in [3.05, 3.63) is 58.1 Å². The molecular weight excluding hydrogens is 428 g/mol. The second-order valence-electron chi connectivity index (χ2n) is 6.00. The number of carbonyl (C=O) groups excluding carboxylic acids is 3. The quantitative estimate of drug-likeness (QED) is 0.605. The minimum Gasteiger partial charge on any atom is -0.482 e. The van der Waals surface area contributed by atoms with Gasteiger partial charge in [-0.25, -0.2) is 4.79 Å². The first-order valence-electron chi connectivity index (χ1n) is 8.52. The van der Waals surface area contributed by atoms with Gasteiger partial charge in [0.1, 0.15) is 5.75 Å². The highest BCUT2D eigenvalue weighted by Crippen LogP contribution is 2.20. The predicted molar refractivity (Wildman–Crippen MR) is 108 cm³/mol. The molecule has 2 aromatic carbocycles. The maximum atomic E-state index is 11.8. The molecule has 0 bridgehead atoms. The van der Waals surface area contributed by atoms with Crippen molar-refractivity contribution in [1.29, 1.82) is 0 Å². The van der Waals surface area contributed by atoms with Crippen LogP contribution in [0.5, 0.6) is 5.75 Å². The number of esters is 1. The summed E-state index contributed by atoms with van der Waals surface area (Å²) < 4.78 is 10.9. The van der Waals surface area contributed by atoms with Gasteiger partial charge in [-0.2, -0.15) is 0 Å². The molecule has 0 atom stereocenters. The van der Waals surface area contributed by atoms with Gasteiger partial charge in [0.05, 0.1) is 12.2 Å². The number of anilines is 1. The van der Waals surface area contributed by atoms with Gasteiger partial charge in [0.25, 0.3) is 5.91 Å². The molecule has 2 N–H and O–H groups in total. The van der Waals surface area contributed by atoms with E-state index >= 15 is 0 Å². The molecule has 0 aliphatic carbocycles. The van der Waals surface area contributed by atoms with Crippen LogP contribution in [0.15, 0.2) is 46.9 Å². The highest BCUT2D eigenvalue weighted by molar-refractivity contribution is 9.10. The number of carbonyl (C=O) groups is 3. The van der Waals surface area contributed by atoms with Crippen LogP contribution in [-0.4, -0.2) is 37.5 Å². The highest BCUT2D eigenvalue weighted by Gasteiger charge is 2.11. The van der Waals surface area contributed by atoms with Gasteiger partial charge in [0.15, 0.2) is 13.2 Å². The largest absolute Gasteiger partial charge is 0.482 e. The van der Waals surface area contributed by atoms with Crippen molar-refractivity contribution in [2.45, 2.75) is 13.8 Å². The summed E-state index contributed by atoms with van der Waals surface area (Å²) in [6.07, 6.45) is 0. The Morgan fingerprint density at radius 1 is 0.964 bits per heavy atom. The summed E-state index contributed by atoms with van der Waals surface area (Å²) in [7, 11) is 0. The van der Waals surface area contributed by atoms with E-state index in [1.807, 2.05) is 32.0 Å². The SMILES string of the molecule is Cc1ccc(OCC(=O)OCC(=O)NCC(=O)Nc2ccccc2Br)cc1C. The summed E-state index contributed by atoms with van der Waals surface area (Å²) in [5.41, 5.74) is 2.76. The summed E-state index contributed by atoms with van der Waals surface area (Å²) in [4.78, 5) is 35.2. The highest BCUT2D eigenvalue weighted by atomic mass is 79.9. The topological polar surface area (TPSA) is 93.7 Å². The van der Waals surface area contributed by atoms with E-state index in [0.717, 1.165) is 15.6 Å². The standard InChI is InChI=1S/C20H21BrN2O5/c1-13-7-8-15(9-14(13)2)27-12-20(26)28-11-19(25)22-10-18(24)23-17-6-4-3-5-16(17)21/h3-9H,10-12H2,1-2H3,(H,22,25)(H,23,24). The molecule has 148 valence electrons. The predicted octanol–water partition coefficient (Wildman–Crippen LogP) is 2.74. The van der Waals surface area contributed by atoms with E-state index in [1.54, 1.807) is 24.3 Å². The lowest BCUT2D eigenvalue weighted by Gasteiger charge is -2.10. The summed E-state index contributed by atoms with van der Waals surface area (Å²) in [6, 6.07) is 12.6. The van der Waals surface area contributed by atoms with Crippen LogP contribution >= 0.6 is 15.9 Å². The van der Waals surface area contributed by atoms with Crippen molar-refractivity contribution >= 4 is 39.4 Å². The van der Waals surface area contributed by atoms with E-state index in [9.17, 15) is 14.4 Å². The first-order valence-corrected chi connectivity index (χ1v) is 9.31. The van der Waals surface area contributed by atoms with Gasteiger partial charge in [0.2, 0.25) is 5.91 Å². The molecule has 8 heteroatoms. The van der Waals surface area contributed by atoms with E-state index in [4.69, 9.17) is 9.47 Å². The minimum atomic E-state index is -0.675. The minimum absolute atomic E-state index is 0.239. The van der Waals surface area contributed by atoms with E-state index in [1.165, 1.54) is 0 Å². The smallest absolute Gasteiger partial charge is 0.344 e. The molecule has 0 aliphatic rings. The number of rotatable bonds is 8. The monoisotopic (exact) mass is 448 g/mol. The molecule has 2 rings (SSSR count). The van der Waals surface area contributed by atoms with Gasteiger partial charge in [-0.15, -0.1) is 0 Å². The molecule has 0 fully saturated rings. The zero-order valence-corrected chi connectivity index (χ0v) is 17.2.